The van der Waals surface area contributed by atoms with Crippen LogP contribution in [0.4, 0.5) is 0 Å². The standard InChI is InChI=1S/C20H26N4O.HI/c1-21-20(24-16-13-17-9-4-2-5-10-17)23-15-8-14-22-19(25)18-11-6-3-7-12-18;/h2-7,9-12H,8,13-16H2,1H3,(H,22,25)(H2,21,23,24);1H. The average Bonchev–Trinajstić information content (AvgIpc) is 2.67. The van der Waals surface area contributed by atoms with Gasteiger partial charge in [0.15, 0.2) is 5.96 Å². The van der Waals surface area contributed by atoms with Crippen molar-refractivity contribution >= 4 is 35.8 Å². The van der Waals surface area contributed by atoms with Gasteiger partial charge in [0.2, 0.25) is 0 Å². The van der Waals surface area contributed by atoms with Gasteiger partial charge in [-0.05, 0) is 30.5 Å². The van der Waals surface area contributed by atoms with Crippen LogP contribution in [0.15, 0.2) is 65.7 Å². The highest BCUT2D eigenvalue weighted by atomic mass is 127. The molecule has 0 aromatic heterocycles. The van der Waals surface area contributed by atoms with Crippen molar-refractivity contribution in [3.8, 4) is 0 Å². The Balaban J connectivity index is 0.00000338. The van der Waals surface area contributed by atoms with Gasteiger partial charge in [0, 0.05) is 32.2 Å². The van der Waals surface area contributed by atoms with Crippen LogP contribution in [0, 0.1) is 0 Å². The second-order valence-electron chi connectivity index (χ2n) is 5.64. The van der Waals surface area contributed by atoms with E-state index in [0.717, 1.165) is 31.9 Å². The molecule has 2 rings (SSSR count). The lowest BCUT2D eigenvalue weighted by Gasteiger charge is -2.12. The van der Waals surface area contributed by atoms with Crippen molar-refractivity contribution in [2.75, 3.05) is 26.7 Å². The molecule has 0 unspecified atom stereocenters. The first kappa shape index (κ1) is 22.0. The summed E-state index contributed by atoms with van der Waals surface area (Å²) < 4.78 is 0. The quantitative estimate of drug-likeness (QED) is 0.243. The molecule has 0 aliphatic carbocycles. The Labute approximate surface area is 172 Å². The van der Waals surface area contributed by atoms with Gasteiger partial charge in [-0.15, -0.1) is 24.0 Å². The zero-order chi connectivity index (χ0) is 17.7. The number of guanidine groups is 1. The zero-order valence-electron chi connectivity index (χ0n) is 15.1. The summed E-state index contributed by atoms with van der Waals surface area (Å²) in [6.45, 7) is 2.20. The number of hydrogen-bond donors (Lipinski definition) is 3. The molecule has 0 atom stereocenters. The van der Waals surface area contributed by atoms with Gasteiger partial charge in [0.05, 0.1) is 0 Å². The maximum absolute atomic E-state index is 11.9. The molecule has 3 N–H and O–H groups in total. The maximum Gasteiger partial charge on any atom is 0.251 e. The molecule has 0 heterocycles. The highest BCUT2D eigenvalue weighted by molar-refractivity contribution is 14.0. The number of rotatable bonds is 8. The Bertz CT molecular complexity index is 662. The van der Waals surface area contributed by atoms with E-state index in [9.17, 15) is 4.79 Å². The monoisotopic (exact) mass is 466 g/mol. The Hall–Kier alpha value is -2.09. The zero-order valence-corrected chi connectivity index (χ0v) is 17.4. The van der Waals surface area contributed by atoms with E-state index in [-0.39, 0.29) is 29.9 Å². The number of amides is 1. The van der Waals surface area contributed by atoms with E-state index in [1.165, 1.54) is 5.56 Å². The number of nitrogens with zero attached hydrogens (tertiary/aromatic N) is 1. The predicted molar refractivity (Wildman–Crippen MR) is 118 cm³/mol. The minimum absolute atomic E-state index is 0. The van der Waals surface area contributed by atoms with Gasteiger partial charge in [-0.3, -0.25) is 9.79 Å². The summed E-state index contributed by atoms with van der Waals surface area (Å²) in [5, 5.41) is 9.47. The molecule has 0 saturated carbocycles. The summed E-state index contributed by atoms with van der Waals surface area (Å²) in [6, 6.07) is 19.6. The van der Waals surface area contributed by atoms with Gasteiger partial charge in [-0.1, -0.05) is 48.5 Å². The largest absolute Gasteiger partial charge is 0.356 e. The van der Waals surface area contributed by atoms with Gasteiger partial charge in [-0.25, -0.2) is 0 Å². The molecule has 0 aliphatic rings. The van der Waals surface area contributed by atoms with Gasteiger partial charge in [0.25, 0.3) is 5.91 Å². The summed E-state index contributed by atoms with van der Waals surface area (Å²) in [6.07, 6.45) is 1.78. The minimum atomic E-state index is -0.0361. The lowest BCUT2D eigenvalue weighted by Crippen LogP contribution is -2.39. The molecular formula is C20H27IN4O. The molecule has 0 aliphatic heterocycles. The molecule has 26 heavy (non-hydrogen) atoms. The second-order valence-corrected chi connectivity index (χ2v) is 5.64. The summed E-state index contributed by atoms with van der Waals surface area (Å²) in [4.78, 5) is 16.1. The summed E-state index contributed by atoms with van der Waals surface area (Å²) in [5.41, 5.74) is 1.99. The van der Waals surface area contributed by atoms with E-state index in [2.05, 4.69) is 33.1 Å². The Morgan fingerprint density at radius 3 is 2.08 bits per heavy atom. The van der Waals surface area contributed by atoms with Gasteiger partial charge < -0.3 is 16.0 Å². The van der Waals surface area contributed by atoms with Crippen LogP contribution in [0.3, 0.4) is 0 Å². The van der Waals surface area contributed by atoms with E-state index in [0.29, 0.717) is 12.1 Å². The number of carbonyl (C=O) groups is 1. The maximum atomic E-state index is 11.9. The minimum Gasteiger partial charge on any atom is -0.356 e. The highest BCUT2D eigenvalue weighted by Crippen LogP contribution is 1.98. The van der Waals surface area contributed by atoms with Crippen LogP contribution in [0.25, 0.3) is 0 Å². The molecule has 1 amide bonds. The molecule has 0 bridgehead atoms. The van der Waals surface area contributed by atoms with Gasteiger partial charge >= 0.3 is 0 Å². The molecule has 140 valence electrons. The van der Waals surface area contributed by atoms with Crippen LogP contribution in [0.5, 0.6) is 0 Å². The van der Waals surface area contributed by atoms with E-state index < -0.39 is 0 Å². The fraction of sp³-hybridized carbons (Fsp3) is 0.300. The van der Waals surface area contributed by atoms with Crippen LogP contribution in [-0.4, -0.2) is 38.5 Å². The smallest absolute Gasteiger partial charge is 0.251 e. The molecule has 0 saturated heterocycles. The summed E-state index contributed by atoms with van der Waals surface area (Å²) in [5.74, 6) is 0.747. The fourth-order valence-electron chi connectivity index (χ4n) is 2.38. The van der Waals surface area contributed by atoms with Crippen molar-refractivity contribution in [2.24, 2.45) is 4.99 Å². The van der Waals surface area contributed by atoms with Crippen LogP contribution in [0.2, 0.25) is 0 Å². The second kappa shape index (κ2) is 13.2. The normalized spacial score (nSPS) is 10.6. The van der Waals surface area contributed by atoms with Crippen LogP contribution in [-0.2, 0) is 6.42 Å². The molecule has 0 fully saturated rings. The van der Waals surface area contributed by atoms with Crippen molar-refractivity contribution in [1.82, 2.24) is 16.0 Å². The number of hydrogen-bond acceptors (Lipinski definition) is 2. The van der Waals surface area contributed by atoms with Crippen molar-refractivity contribution in [1.29, 1.82) is 0 Å². The number of nitrogens with one attached hydrogen (secondary N) is 3. The topological polar surface area (TPSA) is 65.5 Å². The van der Waals surface area contributed by atoms with Gasteiger partial charge in [0.1, 0.15) is 0 Å². The molecule has 5 nitrogen and oxygen atoms in total. The van der Waals surface area contributed by atoms with Crippen molar-refractivity contribution < 1.29 is 4.79 Å². The lowest BCUT2D eigenvalue weighted by atomic mass is 10.1. The van der Waals surface area contributed by atoms with E-state index in [4.69, 9.17) is 0 Å². The van der Waals surface area contributed by atoms with Crippen LogP contribution < -0.4 is 16.0 Å². The first-order valence-corrected chi connectivity index (χ1v) is 8.61. The Morgan fingerprint density at radius 2 is 1.42 bits per heavy atom. The lowest BCUT2D eigenvalue weighted by molar-refractivity contribution is 0.0953. The third-order valence-electron chi connectivity index (χ3n) is 3.74. The molecule has 2 aromatic rings. The van der Waals surface area contributed by atoms with Crippen molar-refractivity contribution in [3.05, 3.63) is 71.8 Å². The fourth-order valence-corrected chi connectivity index (χ4v) is 2.38. The SMILES string of the molecule is CN=C(NCCCNC(=O)c1ccccc1)NCCc1ccccc1.I. The number of carbonyl (C=O) groups excluding carboxylic acids is 1. The summed E-state index contributed by atoms with van der Waals surface area (Å²) in [7, 11) is 1.76. The summed E-state index contributed by atoms with van der Waals surface area (Å²) >= 11 is 0. The third-order valence-corrected chi connectivity index (χ3v) is 3.74. The van der Waals surface area contributed by atoms with Crippen molar-refractivity contribution in [2.45, 2.75) is 12.8 Å². The first-order valence-electron chi connectivity index (χ1n) is 8.61. The number of aliphatic imine (C=N–C) groups is 1. The Kier molecular flexibility index (Phi) is 11.1. The van der Waals surface area contributed by atoms with Gasteiger partial charge in [-0.2, -0.15) is 0 Å². The number of halogens is 1. The molecular weight excluding hydrogens is 439 g/mol. The molecule has 0 spiro atoms. The molecule has 6 heteroatoms. The van der Waals surface area contributed by atoms with Crippen molar-refractivity contribution in [3.63, 3.8) is 0 Å². The Morgan fingerprint density at radius 1 is 0.846 bits per heavy atom. The highest BCUT2D eigenvalue weighted by Gasteiger charge is 2.03. The molecule has 0 radical (unpaired) electrons. The van der Waals surface area contributed by atoms with E-state index in [1.54, 1.807) is 7.05 Å². The molecule has 2 aromatic carbocycles. The van der Waals surface area contributed by atoms with E-state index in [1.807, 2.05) is 48.5 Å². The first-order chi connectivity index (χ1) is 12.3. The number of benzene rings is 2. The predicted octanol–water partition coefficient (Wildman–Crippen LogP) is 2.83. The van der Waals surface area contributed by atoms with E-state index >= 15 is 0 Å². The average molecular weight is 466 g/mol. The third kappa shape index (κ3) is 8.33. The van der Waals surface area contributed by atoms with Crippen LogP contribution in [0.1, 0.15) is 22.3 Å². The van der Waals surface area contributed by atoms with Crippen LogP contribution >= 0.6 is 24.0 Å².